The molecule has 1 aromatic carbocycles. The number of nitrogens with one attached hydrogen (secondary N) is 1. The third kappa shape index (κ3) is 4.62. The summed E-state index contributed by atoms with van der Waals surface area (Å²) in [4.78, 5) is 0. The molecule has 17 heavy (non-hydrogen) atoms. The van der Waals surface area contributed by atoms with Gasteiger partial charge in [0.25, 0.3) is 0 Å². The highest BCUT2D eigenvalue weighted by Gasteiger charge is 2.29. The lowest BCUT2D eigenvalue weighted by molar-refractivity contribution is 0.518. The van der Waals surface area contributed by atoms with E-state index in [0.717, 1.165) is 10.9 Å². The van der Waals surface area contributed by atoms with Crippen molar-refractivity contribution in [1.29, 1.82) is 0 Å². The molecule has 0 aromatic heterocycles. The Morgan fingerprint density at radius 1 is 1.41 bits per heavy atom. The molecule has 0 aliphatic heterocycles. The van der Waals surface area contributed by atoms with Crippen LogP contribution in [0.5, 0.6) is 0 Å². The molecule has 1 aromatic rings. The minimum absolute atomic E-state index is 0.132. The van der Waals surface area contributed by atoms with Crippen LogP contribution in [-0.2, 0) is 11.4 Å². The Kier molecular flexibility index (Phi) is 5.51. The van der Waals surface area contributed by atoms with Crippen molar-refractivity contribution in [1.82, 2.24) is 4.72 Å². The maximum absolute atomic E-state index is 12.1. The molecule has 0 saturated heterocycles. The first kappa shape index (κ1) is 15.0. The molecule has 0 heterocycles. The summed E-state index contributed by atoms with van der Waals surface area (Å²) in [7, 11) is 0. The van der Waals surface area contributed by atoms with Crippen molar-refractivity contribution in [3.63, 3.8) is 0 Å². The summed E-state index contributed by atoms with van der Waals surface area (Å²) >= 11 is 2.42. The Balaban J connectivity index is 2.79. The zero-order chi connectivity index (χ0) is 13.1. The molecule has 0 saturated carbocycles. The fourth-order valence-electron chi connectivity index (χ4n) is 1.42. The summed E-state index contributed by atoms with van der Waals surface area (Å²) < 4.78 is 16.1. The van der Waals surface area contributed by atoms with Gasteiger partial charge in [0, 0.05) is 15.8 Å². The molecule has 1 unspecified atom stereocenters. The van der Waals surface area contributed by atoms with E-state index in [9.17, 15) is 4.55 Å². The quantitative estimate of drug-likeness (QED) is 0.853. The van der Waals surface area contributed by atoms with Crippen molar-refractivity contribution in [3.05, 3.63) is 34.3 Å². The van der Waals surface area contributed by atoms with Crippen LogP contribution in [-0.4, -0.2) is 9.30 Å². The summed E-state index contributed by atoms with van der Waals surface area (Å²) in [6, 6.07) is 8.26. The maximum atomic E-state index is 12.1. The Morgan fingerprint density at radius 3 is 2.53 bits per heavy atom. The van der Waals surface area contributed by atoms with Gasteiger partial charge in [-0.1, -0.05) is 35.0 Å². The Morgan fingerprint density at radius 2 is 2.06 bits per heavy atom. The minimum atomic E-state index is -1.04. The van der Waals surface area contributed by atoms with Gasteiger partial charge in [0.15, 0.2) is 0 Å². The monoisotopic (exact) mass is 317 g/mol. The van der Waals surface area contributed by atoms with Gasteiger partial charge in [0.1, 0.15) is 4.75 Å². The highest BCUT2D eigenvalue weighted by molar-refractivity contribution is 9.10. The minimum Gasteiger partial charge on any atom is -0.598 e. The first-order valence-corrected chi connectivity index (χ1v) is 7.72. The van der Waals surface area contributed by atoms with Gasteiger partial charge in [-0.3, -0.25) is 0 Å². The van der Waals surface area contributed by atoms with E-state index in [0.29, 0.717) is 0 Å². The molecule has 0 radical (unpaired) electrons. The molecule has 0 aliphatic carbocycles. The van der Waals surface area contributed by atoms with Crippen LogP contribution in [0.3, 0.4) is 0 Å². The lowest BCUT2D eigenvalue weighted by atomic mass is 10.1. The number of hydrogen-bond donors (Lipinski definition) is 1. The Labute approximate surface area is 116 Å². The van der Waals surface area contributed by atoms with Crippen LogP contribution in [0, 0.1) is 0 Å². The average molecular weight is 318 g/mol. The predicted molar refractivity (Wildman–Crippen MR) is 78.2 cm³/mol. The van der Waals surface area contributed by atoms with Gasteiger partial charge < -0.3 is 4.55 Å². The summed E-state index contributed by atoms with van der Waals surface area (Å²) in [6.45, 7) is 8.02. The van der Waals surface area contributed by atoms with E-state index in [1.54, 1.807) is 0 Å². The van der Waals surface area contributed by atoms with Crippen LogP contribution < -0.4 is 4.72 Å². The number of rotatable bonds is 4. The van der Waals surface area contributed by atoms with Gasteiger partial charge in [-0.05, 0) is 44.9 Å². The van der Waals surface area contributed by atoms with E-state index in [2.05, 4.69) is 39.7 Å². The third-order valence-electron chi connectivity index (χ3n) is 2.46. The first-order chi connectivity index (χ1) is 7.84. The molecule has 0 spiro atoms. The molecule has 0 bridgehead atoms. The number of halogens is 1. The van der Waals surface area contributed by atoms with Gasteiger partial charge in [-0.2, -0.15) is 0 Å². The molecular formula is C13H20BrNOS. The van der Waals surface area contributed by atoms with Crippen molar-refractivity contribution in [2.24, 2.45) is 0 Å². The average Bonchev–Trinajstić information content (AvgIpc) is 2.24. The molecule has 96 valence electrons. The molecule has 0 aliphatic rings. The molecule has 4 heteroatoms. The second-order valence-corrected chi connectivity index (χ2v) is 7.93. The predicted octanol–water partition coefficient (Wildman–Crippen LogP) is 3.95. The molecule has 2 nitrogen and oxygen atoms in total. The molecule has 0 fully saturated rings. The van der Waals surface area contributed by atoms with E-state index in [1.165, 1.54) is 5.56 Å². The normalized spacial score (nSPS) is 15.6. The molecule has 2 atom stereocenters. The summed E-state index contributed by atoms with van der Waals surface area (Å²) in [6.07, 6.45) is 0.915. The van der Waals surface area contributed by atoms with Crippen molar-refractivity contribution in [2.45, 2.75) is 44.9 Å². The summed E-state index contributed by atoms with van der Waals surface area (Å²) in [5, 5.41) is 0. The van der Waals surface area contributed by atoms with Crippen LogP contribution in [0.2, 0.25) is 0 Å². The van der Waals surface area contributed by atoms with Gasteiger partial charge in [0.2, 0.25) is 0 Å². The molecule has 1 rings (SSSR count). The van der Waals surface area contributed by atoms with E-state index in [4.69, 9.17) is 0 Å². The SMILES string of the molecule is CCC(N[S@@+]([O-])C(C)(C)C)c1cccc(Br)c1. The fourth-order valence-corrected chi connectivity index (χ4v) is 2.75. The van der Waals surface area contributed by atoms with Crippen molar-refractivity contribution >= 4 is 27.3 Å². The second kappa shape index (κ2) is 6.23. The zero-order valence-corrected chi connectivity index (χ0v) is 13.2. The Hall–Kier alpha value is -0.0300. The van der Waals surface area contributed by atoms with Gasteiger partial charge in [-0.25, -0.2) is 0 Å². The third-order valence-corrected chi connectivity index (χ3v) is 4.57. The lowest BCUT2D eigenvalue weighted by Gasteiger charge is -2.27. The maximum Gasteiger partial charge on any atom is 0.136 e. The van der Waals surface area contributed by atoms with Gasteiger partial charge in [0.05, 0.1) is 6.04 Å². The molecule has 1 N–H and O–H groups in total. The van der Waals surface area contributed by atoms with E-state index < -0.39 is 11.4 Å². The van der Waals surface area contributed by atoms with E-state index >= 15 is 0 Å². The van der Waals surface area contributed by atoms with Crippen LogP contribution >= 0.6 is 15.9 Å². The Bertz CT molecular complexity index is 365. The van der Waals surface area contributed by atoms with Crippen LogP contribution in [0.15, 0.2) is 28.7 Å². The number of benzene rings is 1. The van der Waals surface area contributed by atoms with Crippen LogP contribution in [0.25, 0.3) is 0 Å². The summed E-state index contributed by atoms with van der Waals surface area (Å²) in [5.41, 5.74) is 1.17. The highest BCUT2D eigenvalue weighted by atomic mass is 79.9. The van der Waals surface area contributed by atoms with E-state index in [-0.39, 0.29) is 10.8 Å². The van der Waals surface area contributed by atoms with Crippen molar-refractivity contribution in [2.75, 3.05) is 0 Å². The van der Waals surface area contributed by atoms with E-state index in [1.807, 2.05) is 32.9 Å². The topological polar surface area (TPSA) is 35.1 Å². The van der Waals surface area contributed by atoms with Crippen molar-refractivity contribution < 1.29 is 4.55 Å². The first-order valence-electron chi connectivity index (χ1n) is 5.78. The summed E-state index contributed by atoms with van der Waals surface area (Å²) in [5.74, 6) is 0. The van der Waals surface area contributed by atoms with Crippen LogP contribution in [0.4, 0.5) is 0 Å². The highest BCUT2D eigenvalue weighted by Crippen LogP contribution is 2.24. The van der Waals surface area contributed by atoms with Crippen LogP contribution in [0.1, 0.15) is 45.7 Å². The molecular weight excluding hydrogens is 298 g/mol. The lowest BCUT2D eigenvalue weighted by Crippen LogP contribution is -2.41. The van der Waals surface area contributed by atoms with Crippen molar-refractivity contribution in [3.8, 4) is 0 Å². The number of hydrogen-bond acceptors (Lipinski definition) is 2. The standard InChI is InChI=1S/C13H20BrNOS/c1-5-12(15-17(16)13(2,3)4)10-7-6-8-11(14)9-10/h6-9,12,15H,5H2,1-4H3/t12?,17-/m0/s1. The van der Waals surface area contributed by atoms with Gasteiger partial charge in [-0.15, -0.1) is 4.72 Å². The largest absolute Gasteiger partial charge is 0.598 e. The van der Waals surface area contributed by atoms with Gasteiger partial charge >= 0.3 is 0 Å². The molecule has 0 amide bonds. The zero-order valence-electron chi connectivity index (χ0n) is 10.8. The smallest absolute Gasteiger partial charge is 0.136 e. The second-order valence-electron chi connectivity index (χ2n) is 5.01. The fraction of sp³-hybridized carbons (Fsp3) is 0.538.